The molecule has 1 aliphatic heterocycles. The van der Waals surface area contributed by atoms with Crippen molar-refractivity contribution in [3.05, 3.63) is 47.9 Å². The molecule has 152 valence electrons. The summed E-state index contributed by atoms with van der Waals surface area (Å²) in [5, 5.41) is 11.6. The third-order valence-electron chi connectivity index (χ3n) is 5.75. The number of amides is 2. The first-order chi connectivity index (χ1) is 14.0. The van der Waals surface area contributed by atoms with E-state index in [0.29, 0.717) is 24.5 Å². The van der Waals surface area contributed by atoms with Crippen LogP contribution in [0.5, 0.6) is 0 Å². The minimum atomic E-state index is -0.627. The molecule has 0 radical (unpaired) electrons. The second-order valence-corrected chi connectivity index (χ2v) is 7.96. The van der Waals surface area contributed by atoms with Crippen LogP contribution in [-0.4, -0.2) is 44.7 Å². The topological polar surface area (TPSA) is 93.3 Å². The molecule has 2 amide bonds. The smallest absolute Gasteiger partial charge is 0.242 e. The number of nitrogens with zero attached hydrogens (tertiary/aromatic N) is 4. The van der Waals surface area contributed by atoms with E-state index >= 15 is 0 Å². The van der Waals surface area contributed by atoms with Crippen LogP contribution in [0.4, 0.5) is 0 Å². The van der Waals surface area contributed by atoms with Gasteiger partial charge in [0.15, 0.2) is 0 Å². The Morgan fingerprint density at radius 1 is 1.24 bits per heavy atom. The number of benzene rings is 1. The molecule has 1 saturated heterocycles. The maximum absolute atomic E-state index is 13.0. The number of hydrogen-bond acceptors (Lipinski definition) is 5. The Hall–Kier alpha value is -3.16. The van der Waals surface area contributed by atoms with Crippen LogP contribution in [0, 0.1) is 12.3 Å². The SMILES string of the molecule is Cc1nonc1CNC(=O)[C@@]1(C)CCCN(C(=O)Cn2ccc3ccccc32)C1. The minimum Gasteiger partial charge on any atom is -0.350 e. The highest BCUT2D eigenvalue weighted by molar-refractivity contribution is 5.85. The monoisotopic (exact) mass is 395 g/mol. The van der Waals surface area contributed by atoms with Gasteiger partial charge in [0.1, 0.15) is 17.9 Å². The van der Waals surface area contributed by atoms with Crippen LogP contribution in [0.2, 0.25) is 0 Å². The zero-order chi connectivity index (χ0) is 20.4. The van der Waals surface area contributed by atoms with Crippen molar-refractivity contribution < 1.29 is 14.2 Å². The number of rotatable bonds is 5. The van der Waals surface area contributed by atoms with Crippen LogP contribution in [0.15, 0.2) is 41.2 Å². The standard InChI is InChI=1S/C21H25N5O3/c1-15-17(24-29-23-15)12-22-20(28)21(2)9-5-10-26(14-21)19(27)13-25-11-8-16-6-3-4-7-18(16)25/h3-4,6-8,11H,5,9-10,12-14H2,1-2H3,(H,22,28)/t21-/m0/s1. The fourth-order valence-corrected chi connectivity index (χ4v) is 3.95. The van der Waals surface area contributed by atoms with E-state index in [2.05, 4.69) is 20.3 Å². The molecule has 0 bridgehead atoms. The van der Waals surface area contributed by atoms with Crippen molar-refractivity contribution in [1.29, 1.82) is 0 Å². The summed E-state index contributed by atoms with van der Waals surface area (Å²) in [6.07, 6.45) is 3.48. The van der Waals surface area contributed by atoms with Crippen molar-refractivity contribution in [2.24, 2.45) is 5.41 Å². The molecule has 4 rings (SSSR count). The van der Waals surface area contributed by atoms with Crippen molar-refractivity contribution in [2.45, 2.75) is 39.8 Å². The fraction of sp³-hybridized carbons (Fsp3) is 0.429. The molecule has 0 saturated carbocycles. The average molecular weight is 395 g/mol. The third-order valence-corrected chi connectivity index (χ3v) is 5.75. The van der Waals surface area contributed by atoms with Gasteiger partial charge in [0.2, 0.25) is 11.8 Å². The molecule has 8 nitrogen and oxygen atoms in total. The summed E-state index contributed by atoms with van der Waals surface area (Å²) in [5.74, 6) is -0.0505. The van der Waals surface area contributed by atoms with Crippen molar-refractivity contribution in [1.82, 2.24) is 25.1 Å². The number of nitrogens with one attached hydrogen (secondary N) is 1. The van der Waals surface area contributed by atoms with E-state index < -0.39 is 5.41 Å². The lowest BCUT2D eigenvalue weighted by Gasteiger charge is -2.39. The van der Waals surface area contributed by atoms with E-state index in [1.165, 1.54) is 0 Å². The maximum atomic E-state index is 13.0. The van der Waals surface area contributed by atoms with Gasteiger partial charge in [-0.1, -0.05) is 28.5 Å². The van der Waals surface area contributed by atoms with E-state index in [4.69, 9.17) is 0 Å². The highest BCUT2D eigenvalue weighted by atomic mass is 16.6. The summed E-state index contributed by atoms with van der Waals surface area (Å²) in [4.78, 5) is 27.6. The molecule has 1 N–H and O–H groups in total. The lowest BCUT2D eigenvalue weighted by Crippen LogP contribution is -2.52. The highest BCUT2D eigenvalue weighted by Crippen LogP contribution is 2.30. The number of likely N-dealkylation sites (tertiary alicyclic amines) is 1. The van der Waals surface area contributed by atoms with Crippen molar-refractivity contribution in [3.63, 3.8) is 0 Å². The Morgan fingerprint density at radius 2 is 2.07 bits per heavy atom. The molecule has 8 heteroatoms. The average Bonchev–Trinajstić information content (AvgIpc) is 3.32. The van der Waals surface area contributed by atoms with Gasteiger partial charge in [-0.05, 0) is 44.2 Å². The van der Waals surface area contributed by atoms with Gasteiger partial charge in [-0.2, -0.15) is 0 Å². The number of hydrogen-bond donors (Lipinski definition) is 1. The number of carbonyl (C=O) groups is 2. The molecule has 3 heterocycles. The normalized spacial score (nSPS) is 19.4. The van der Waals surface area contributed by atoms with Gasteiger partial charge < -0.3 is 14.8 Å². The molecule has 1 aliphatic rings. The first kappa shape index (κ1) is 19.2. The fourth-order valence-electron chi connectivity index (χ4n) is 3.95. The van der Waals surface area contributed by atoms with Crippen LogP contribution in [0.1, 0.15) is 31.2 Å². The summed E-state index contributed by atoms with van der Waals surface area (Å²) in [6, 6.07) is 10.0. The number of carbonyl (C=O) groups excluding carboxylic acids is 2. The van der Waals surface area contributed by atoms with E-state index in [0.717, 1.165) is 23.7 Å². The number of aryl methyl sites for hydroxylation is 1. The van der Waals surface area contributed by atoms with Crippen molar-refractivity contribution in [2.75, 3.05) is 13.1 Å². The van der Waals surface area contributed by atoms with Gasteiger partial charge >= 0.3 is 0 Å². The molecule has 0 unspecified atom stereocenters. The van der Waals surface area contributed by atoms with Gasteiger partial charge in [0, 0.05) is 24.8 Å². The summed E-state index contributed by atoms with van der Waals surface area (Å²) < 4.78 is 6.63. The van der Waals surface area contributed by atoms with E-state index in [9.17, 15) is 9.59 Å². The lowest BCUT2D eigenvalue weighted by atomic mass is 9.81. The summed E-state index contributed by atoms with van der Waals surface area (Å²) in [6.45, 7) is 5.33. The third kappa shape index (κ3) is 3.87. The highest BCUT2D eigenvalue weighted by Gasteiger charge is 2.39. The van der Waals surface area contributed by atoms with Gasteiger partial charge in [0.25, 0.3) is 0 Å². The Labute approximate surface area is 168 Å². The first-order valence-electron chi connectivity index (χ1n) is 9.84. The van der Waals surface area contributed by atoms with E-state index in [-0.39, 0.29) is 24.9 Å². The Morgan fingerprint density at radius 3 is 2.86 bits per heavy atom. The molecular weight excluding hydrogens is 370 g/mol. The number of aromatic nitrogens is 3. The Bertz CT molecular complexity index is 1040. The molecule has 1 aromatic carbocycles. The second kappa shape index (κ2) is 7.69. The molecular formula is C21H25N5O3. The van der Waals surface area contributed by atoms with Crippen LogP contribution in [0.25, 0.3) is 10.9 Å². The minimum absolute atomic E-state index is 0.0293. The lowest BCUT2D eigenvalue weighted by molar-refractivity contribution is -0.141. The number of para-hydroxylation sites is 1. The van der Waals surface area contributed by atoms with Crippen molar-refractivity contribution in [3.8, 4) is 0 Å². The van der Waals surface area contributed by atoms with E-state index in [1.807, 2.05) is 48.0 Å². The zero-order valence-corrected chi connectivity index (χ0v) is 16.7. The van der Waals surface area contributed by atoms with Crippen LogP contribution in [0.3, 0.4) is 0 Å². The van der Waals surface area contributed by atoms with Crippen molar-refractivity contribution >= 4 is 22.7 Å². The Kier molecular flexibility index (Phi) is 5.08. The Balaban J connectivity index is 1.40. The maximum Gasteiger partial charge on any atom is 0.242 e. The van der Waals surface area contributed by atoms with E-state index in [1.54, 1.807) is 11.8 Å². The zero-order valence-electron chi connectivity index (χ0n) is 16.7. The van der Waals surface area contributed by atoms with Crippen LogP contribution in [-0.2, 0) is 22.7 Å². The van der Waals surface area contributed by atoms with Crippen LogP contribution >= 0.6 is 0 Å². The van der Waals surface area contributed by atoms with Gasteiger partial charge in [0.05, 0.1) is 12.0 Å². The van der Waals surface area contributed by atoms with Gasteiger partial charge in [-0.15, -0.1) is 0 Å². The van der Waals surface area contributed by atoms with Gasteiger partial charge in [-0.3, -0.25) is 9.59 Å². The largest absolute Gasteiger partial charge is 0.350 e. The molecule has 29 heavy (non-hydrogen) atoms. The quantitative estimate of drug-likeness (QED) is 0.715. The molecule has 0 spiro atoms. The predicted octanol–water partition coefficient (Wildman–Crippen LogP) is 2.28. The number of piperidine rings is 1. The van der Waals surface area contributed by atoms with Gasteiger partial charge in [-0.25, -0.2) is 4.63 Å². The summed E-state index contributed by atoms with van der Waals surface area (Å²) in [5.41, 5.74) is 1.69. The molecule has 1 fully saturated rings. The molecule has 2 aromatic heterocycles. The molecule has 0 aliphatic carbocycles. The molecule has 1 atom stereocenters. The second-order valence-electron chi connectivity index (χ2n) is 7.96. The summed E-state index contributed by atoms with van der Waals surface area (Å²) >= 11 is 0. The number of fused-ring (bicyclic) bond motifs is 1. The first-order valence-corrected chi connectivity index (χ1v) is 9.84. The summed E-state index contributed by atoms with van der Waals surface area (Å²) in [7, 11) is 0. The predicted molar refractivity (Wildman–Crippen MR) is 107 cm³/mol. The molecule has 3 aromatic rings. The van der Waals surface area contributed by atoms with Crippen LogP contribution < -0.4 is 5.32 Å².